The molecule has 6 heteroatoms. The first-order valence-corrected chi connectivity index (χ1v) is 9.88. The quantitative estimate of drug-likeness (QED) is 0.585. The van der Waals surface area contributed by atoms with Gasteiger partial charge in [-0.2, -0.15) is 0 Å². The Morgan fingerprint density at radius 1 is 1.10 bits per heavy atom. The van der Waals surface area contributed by atoms with Gasteiger partial charge in [-0.25, -0.2) is 4.39 Å². The SMILES string of the molecule is NCCc1ccc(Oc2ccc(F)c(C(=O)N[C@@H]3c4ccccc4C[C@@H]3O)c2)cc1. The molecular formula is C24H23FN2O3. The number of benzene rings is 3. The van der Waals surface area contributed by atoms with Gasteiger partial charge in [0.1, 0.15) is 17.3 Å². The molecule has 0 aliphatic heterocycles. The van der Waals surface area contributed by atoms with E-state index in [0.717, 1.165) is 23.1 Å². The van der Waals surface area contributed by atoms with Crippen LogP contribution in [0.2, 0.25) is 0 Å². The van der Waals surface area contributed by atoms with Crippen molar-refractivity contribution in [2.75, 3.05) is 6.54 Å². The van der Waals surface area contributed by atoms with Crippen LogP contribution in [0.15, 0.2) is 66.7 Å². The van der Waals surface area contributed by atoms with Crippen molar-refractivity contribution in [3.05, 3.63) is 94.8 Å². The van der Waals surface area contributed by atoms with Gasteiger partial charge in [0.2, 0.25) is 0 Å². The molecule has 0 aromatic heterocycles. The molecule has 0 saturated carbocycles. The van der Waals surface area contributed by atoms with Gasteiger partial charge in [0, 0.05) is 6.42 Å². The van der Waals surface area contributed by atoms with Crippen molar-refractivity contribution in [1.29, 1.82) is 0 Å². The number of fused-ring (bicyclic) bond motifs is 1. The largest absolute Gasteiger partial charge is 0.457 e. The van der Waals surface area contributed by atoms with Crippen LogP contribution in [0.1, 0.15) is 33.1 Å². The van der Waals surface area contributed by atoms with Crippen LogP contribution < -0.4 is 15.8 Å². The molecule has 0 saturated heterocycles. The van der Waals surface area contributed by atoms with Gasteiger partial charge in [-0.1, -0.05) is 36.4 Å². The zero-order valence-corrected chi connectivity index (χ0v) is 16.3. The van der Waals surface area contributed by atoms with Crippen LogP contribution >= 0.6 is 0 Å². The van der Waals surface area contributed by atoms with Crippen LogP contribution in [0.25, 0.3) is 0 Å². The molecule has 0 radical (unpaired) electrons. The minimum atomic E-state index is -0.749. The van der Waals surface area contributed by atoms with Gasteiger partial charge in [-0.05, 0) is 60.0 Å². The lowest BCUT2D eigenvalue weighted by Gasteiger charge is -2.18. The number of halogens is 1. The highest BCUT2D eigenvalue weighted by molar-refractivity contribution is 5.95. The van der Waals surface area contributed by atoms with Crippen LogP contribution in [-0.2, 0) is 12.8 Å². The molecular weight excluding hydrogens is 383 g/mol. The minimum absolute atomic E-state index is 0.135. The first kappa shape index (κ1) is 20.1. The highest BCUT2D eigenvalue weighted by Crippen LogP contribution is 2.32. The highest BCUT2D eigenvalue weighted by Gasteiger charge is 2.32. The van der Waals surface area contributed by atoms with E-state index in [1.54, 1.807) is 12.1 Å². The summed E-state index contributed by atoms with van der Waals surface area (Å²) in [5.74, 6) is -0.328. The first-order chi connectivity index (χ1) is 14.5. The monoisotopic (exact) mass is 406 g/mol. The Labute approximate surface area is 174 Å². The number of nitrogens with one attached hydrogen (secondary N) is 1. The summed E-state index contributed by atoms with van der Waals surface area (Å²) in [5, 5.41) is 13.1. The number of carbonyl (C=O) groups excluding carboxylic acids is 1. The third-order valence-corrected chi connectivity index (χ3v) is 5.27. The number of amides is 1. The van der Waals surface area contributed by atoms with Gasteiger partial charge >= 0.3 is 0 Å². The summed E-state index contributed by atoms with van der Waals surface area (Å²) in [6.07, 6.45) is 0.477. The van der Waals surface area contributed by atoms with E-state index in [9.17, 15) is 14.3 Å². The van der Waals surface area contributed by atoms with Gasteiger partial charge in [0.15, 0.2) is 0 Å². The molecule has 0 unspecified atom stereocenters. The molecule has 0 heterocycles. The maximum absolute atomic E-state index is 14.4. The van der Waals surface area contributed by atoms with Crippen molar-refractivity contribution in [2.45, 2.75) is 25.0 Å². The van der Waals surface area contributed by atoms with Crippen LogP contribution in [0, 0.1) is 5.82 Å². The summed E-state index contributed by atoms with van der Waals surface area (Å²) in [5.41, 5.74) is 8.34. The summed E-state index contributed by atoms with van der Waals surface area (Å²) in [7, 11) is 0. The molecule has 30 heavy (non-hydrogen) atoms. The van der Waals surface area contributed by atoms with E-state index in [1.807, 2.05) is 36.4 Å². The van der Waals surface area contributed by atoms with Gasteiger partial charge in [0.25, 0.3) is 5.91 Å². The minimum Gasteiger partial charge on any atom is -0.457 e. The molecule has 4 rings (SSSR count). The Morgan fingerprint density at radius 2 is 1.83 bits per heavy atom. The fraction of sp³-hybridized carbons (Fsp3) is 0.208. The molecule has 0 bridgehead atoms. The fourth-order valence-corrected chi connectivity index (χ4v) is 3.74. The molecule has 5 nitrogen and oxygen atoms in total. The number of rotatable bonds is 6. The normalized spacial score (nSPS) is 17.4. The second-order valence-electron chi connectivity index (χ2n) is 7.35. The van der Waals surface area contributed by atoms with Crippen molar-refractivity contribution < 1.29 is 19.0 Å². The van der Waals surface area contributed by atoms with Gasteiger partial charge in [-0.15, -0.1) is 0 Å². The zero-order chi connectivity index (χ0) is 21.1. The molecule has 4 N–H and O–H groups in total. The molecule has 2 atom stereocenters. The van der Waals surface area contributed by atoms with Crippen molar-refractivity contribution in [3.63, 3.8) is 0 Å². The lowest BCUT2D eigenvalue weighted by atomic mass is 10.1. The number of ether oxygens (including phenoxy) is 1. The van der Waals surface area contributed by atoms with E-state index in [4.69, 9.17) is 10.5 Å². The fourth-order valence-electron chi connectivity index (χ4n) is 3.74. The average molecular weight is 406 g/mol. The zero-order valence-electron chi connectivity index (χ0n) is 16.3. The number of aliphatic hydroxyl groups is 1. The third-order valence-electron chi connectivity index (χ3n) is 5.27. The summed E-state index contributed by atoms with van der Waals surface area (Å²) >= 11 is 0. The molecule has 1 aliphatic carbocycles. The predicted molar refractivity (Wildman–Crippen MR) is 112 cm³/mol. The number of aliphatic hydroxyl groups excluding tert-OH is 1. The van der Waals surface area contributed by atoms with E-state index in [0.29, 0.717) is 24.5 Å². The van der Waals surface area contributed by atoms with Crippen molar-refractivity contribution in [2.24, 2.45) is 5.73 Å². The maximum Gasteiger partial charge on any atom is 0.254 e. The van der Waals surface area contributed by atoms with Crippen LogP contribution in [0.5, 0.6) is 11.5 Å². The lowest BCUT2D eigenvalue weighted by molar-refractivity contribution is 0.0854. The Morgan fingerprint density at radius 3 is 2.60 bits per heavy atom. The Hall–Kier alpha value is -3.22. The standard InChI is InChI=1S/C24H23FN2O3/c25-21-10-9-18(30-17-7-5-15(6-8-17)11-12-26)14-20(21)24(29)27-23-19-4-2-1-3-16(19)13-22(23)28/h1-10,14,22-23,28H,11-13,26H2,(H,27,29)/t22-,23+/m0/s1. The topological polar surface area (TPSA) is 84.6 Å². The third kappa shape index (κ3) is 4.20. The molecule has 0 spiro atoms. The molecule has 3 aromatic rings. The van der Waals surface area contributed by atoms with Gasteiger partial charge in [-0.3, -0.25) is 4.79 Å². The second kappa shape index (κ2) is 8.65. The number of carbonyl (C=O) groups is 1. The Kier molecular flexibility index (Phi) is 5.79. The van der Waals surface area contributed by atoms with Crippen LogP contribution in [-0.4, -0.2) is 23.7 Å². The maximum atomic E-state index is 14.4. The van der Waals surface area contributed by atoms with E-state index in [1.165, 1.54) is 18.2 Å². The summed E-state index contributed by atoms with van der Waals surface area (Å²) in [6.45, 7) is 0.566. The molecule has 154 valence electrons. The number of hydrogen-bond donors (Lipinski definition) is 3. The smallest absolute Gasteiger partial charge is 0.254 e. The van der Waals surface area contributed by atoms with Crippen molar-refractivity contribution in [3.8, 4) is 11.5 Å². The molecule has 0 fully saturated rings. The highest BCUT2D eigenvalue weighted by atomic mass is 19.1. The average Bonchev–Trinajstić information content (AvgIpc) is 3.06. The van der Waals surface area contributed by atoms with Crippen LogP contribution in [0.4, 0.5) is 4.39 Å². The summed E-state index contributed by atoms with van der Waals surface area (Å²) in [6, 6.07) is 18.4. The predicted octanol–water partition coefficient (Wildman–Crippen LogP) is 3.51. The summed E-state index contributed by atoms with van der Waals surface area (Å²) < 4.78 is 20.2. The summed E-state index contributed by atoms with van der Waals surface area (Å²) in [4.78, 5) is 12.8. The lowest BCUT2D eigenvalue weighted by Crippen LogP contribution is -2.34. The number of hydrogen-bond acceptors (Lipinski definition) is 4. The second-order valence-corrected chi connectivity index (χ2v) is 7.35. The van der Waals surface area contributed by atoms with Gasteiger partial charge in [0.05, 0.1) is 17.7 Å². The Balaban J connectivity index is 1.51. The first-order valence-electron chi connectivity index (χ1n) is 9.88. The van der Waals surface area contributed by atoms with E-state index < -0.39 is 23.9 Å². The van der Waals surface area contributed by atoms with Crippen molar-refractivity contribution >= 4 is 5.91 Å². The van der Waals surface area contributed by atoms with Crippen LogP contribution in [0.3, 0.4) is 0 Å². The Bertz CT molecular complexity index is 1050. The molecule has 1 amide bonds. The van der Waals surface area contributed by atoms with E-state index >= 15 is 0 Å². The van der Waals surface area contributed by atoms with Gasteiger partial charge < -0.3 is 20.9 Å². The number of nitrogens with two attached hydrogens (primary N) is 1. The molecule has 3 aromatic carbocycles. The van der Waals surface area contributed by atoms with E-state index in [2.05, 4.69) is 5.32 Å². The van der Waals surface area contributed by atoms with E-state index in [-0.39, 0.29) is 5.56 Å². The molecule has 1 aliphatic rings. The van der Waals surface area contributed by atoms with Crippen molar-refractivity contribution in [1.82, 2.24) is 5.32 Å².